The Hall–Kier alpha value is -2.43. The van der Waals surface area contributed by atoms with Crippen molar-refractivity contribution >= 4 is 11.7 Å². The van der Waals surface area contributed by atoms with Gasteiger partial charge in [0.1, 0.15) is 6.61 Å². The number of nitrogens with two attached hydrogens (primary N) is 1. The molecule has 0 radical (unpaired) electrons. The monoisotopic (exact) mass is 277 g/mol. The van der Waals surface area contributed by atoms with Crippen molar-refractivity contribution in [2.24, 2.45) is 0 Å². The van der Waals surface area contributed by atoms with Crippen LogP contribution in [0, 0.1) is 18.6 Å². The van der Waals surface area contributed by atoms with Crippen molar-refractivity contribution in [1.82, 2.24) is 0 Å². The van der Waals surface area contributed by atoms with Gasteiger partial charge in [-0.05, 0) is 36.8 Å². The summed E-state index contributed by atoms with van der Waals surface area (Å²) >= 11 is 0. The Morgan fingerprint density at radius 1 is 1.15 bits per heavy atom. The number of carbonyl (C=O) groups is 1. The predicted octanol–water partition coefficient (Wildman–Crippen LogP) is 3.21. The summed E-state index contributed by atoms with van der Waals surface area (Å²) in [5.74, 6) is -2.52. The summed E-state index contributed by atoms with van der Waals surface area (Å²) in [6.07, 6.45) is 0. The number of aryl methyl sites for hydroxylation is 1. The number of halogens is 2. The molecule has 0 saturated heterocycles. The van der Waals surface area contributed by atoms with Crippen LogP contribution in [0.1, 0.15) is 21.5 Å². The highest BCUT2D eigenvalue weighted by Gasteiger charge is 2.12. The summed E-state index contributed by atoms with van der Waals surface area (Å²) in [5, 5.41) is 0. The van der Waals surface area contributed by atoms with Gasteiger partial charge >= 0.3 is 5.97 Å². The number of nitrogen functional groups attached to an aromatic ring is 1. The lowest BCUT2D eigenvalue weighted by atomic mass is 10.1. The maximum Gasteiger partial charge on any atom is 0.340 e. The zero-order chi connectivity index (χ0) is 14.7. The number of hydrogen-bond acceptors (Lipinski definition) is 3. The molecule has 0 atom stereocenters. The summed E-state index contributed by atoms with van der Waals surface area (Å²) < 4.78 is 30.8. The van der Waals surface area contributed by atoms with Crippen LogP contribution in [0.15, 0.2) is 36.4 Å². The Labute approximate surface area is 115 Å². The Balaban J connectivity index is 2.08. The van der Waals surface area contributed by atoms with Crippen molar-refractivity contribution in [2.45, 2.75) is 13.5 Å². The lowest BCUT2D eigenvalue weighted by molar-refractivity contribution is 0.0473. The summed E-state index contributed by atoms with van der Waals surface area (Å²) in [4.78, 5) is 11.9. The third-order valence-electron chi connectivity index (χ3n) is 2.78. The number of hydrogen-bond donors (Lipinski definition) is 1. The molecule has 0 heterocycles. The molecule has 0 amide bonds. The highest BCUT2D eigenvalue weighted by atomic mass is 19.2. The third kappa shape index (κ3) is 3.12. The van der Waals surface area contributed by atoms with Crippen LogP contribution in [-0.2, 0) is 11.3 Å². The molecule has 104 valence electrons. The van der Waals surface area contributed by atoms with Crippen LogP contribution in [-0.4, -0.2) is 5.97 Å². The van der Waals surface area contributed by atoms with Gasteiger partial charge < -0.3 is 10.5 Å². The van der Waals surface area contributed by atoms with Gasteiger partial charge in [-0.3, -0.25) is 0 Å². The second-order valence-electron chi connectivity index (χ2n) is 4.42. The molecule has 0 aromatic heterocycles. The number of rotatable bonds is 3. The molecule has 2 N–H and O–H groups in total. The van der Waals surface area contributed by atoms with Gasteiger partial charge in [-0.2, -0.15) is 0 Å². The molecule has 0 aliphatic rings. The van der Waals surface area contributed by atoms with Crippen molar-refractivity contribution in [2.75, 3.05) is 5.73 Å². The number of carbonyl (C=O) groups excluding carboxylic acids is 1. The van der Waals surface area contributed by atoms with Gasteiger partial charge in [-0.25, -0.2) is 13.6 Å². The molecule has 0 aliphatic heterocycles. The van der Waals surface area contributed by atoms with E-state index in [1.165, 1.54) is 6.07 Å². The van der Waals surface area contributed by atoms with Crippen LogP contribution in [0.2, 0.25) is 0 Å². The summed E-state index contributed by atoms with van der Waals surface area (Å²) in [5.41, 5.74) is 7.50. The van der Waals surface area contributed by atoms with E-state index in [9.17, 15) is 13.6 Å². The SMILES string of the molecule is Cc1ccc(N)c(C(=O)OCc2ccc(F)c(F)c2)c1. The van der Waals surface area contributed by atoms with Gasteiger partial charge in [0.15, 0.2) is 11.6 Å². The number of anilines is 1. The normalized spacial score (nSPS) is 10.3. The molecule has 0 aliphatic carbocycles. The second-order valence-corrected chi connectivity index (χ2v) is 4.42. The molecule has 0 saturated carbocycles. The molecule has 0 unspecified atom stereocenters. The number of ether oxygens (including phenoxy) is 1. The van der Waals surface area contributed by atoms with Crippen molar-refractivity contribution in [3.8, 4) is 0 Å². The maximum atomic E-state index is 13.0. The van der Waals surface area contributed by atoms with E-state index < -0.39 is 17.6 Å². The van der Waals surface area contributed by atoms with Crippen LogP contribution < -0.4 is 5.73 Å². The number of esters is 1. The first-order valence-electron chi connectivity index (χ1n) is 5.94. The van der Waals surface area contributed by atoms with E-state index in [4.69, 9.17) is 10.5 Å². The average molecular weight is 277 g/mol. The zero-order valence-corrected chi connectivity index (χ0v) is 10.8. The lowest BCUT2D eigenvalue weighted by Crippen LogP contribution is -2.08. The van der Waals surface area contributed by atoms with Crippen molar-refractivity contribution in [3.05, 3.63) is 64.7 Å². The molecule has 5 heteroatoms. The molecular formula is C15H13F2NO2. The fourth-order valence-corrected chi connectivity index (χ4v) is 1.70. The van der Waals surface area contributed by atoms with Gasteiger partial charge in [0, 0.05) is 5.69 Å². The quantitative estimate of drug-likeness (QED) is 0.692. The minimum absolute atomic E-state index is 0.149. The van der Waals surface area contributed by atoms with Gasteiger partial charge in [0.25, 0.3) is 0 Å². The molecule has 0 bridgehead atoms. The van der Waals surface area contributed by atoms with Crippen molar-refractivity contribution in [1.29, 1.82) is 0 Å². The van der Waals surface area contributed by atoms with E-state index in [0.29, 0.717) is 11.3 Å². The Morgan fingerprint density at radius 2 is 1.90 bits per heavy atom. The first-order chi connectivity index (χ1) is 9.47. The van der Waals surface area contributed by atoms with Crippen LogP contribution in [0.5, 0.6) is 0 Å². The minimum atomic E-state index is -0.978. The molecule has 3 nitrogen and oxygen atoms in total. The standard InChI is InChI=1S/C15H13F2NO2/c1-9-2-5-14(18)11(6-9)15(19)20-8-10-3-4-12(16)13(17)7-10/h2-7H,8,18H2,1H3. The third-order valence-corrected chi connectivity index (χ3v) is 2.78. The van der Waals surface area contributed by atoms with Gasteiger partial charge in [-0.1, -0.05) is 17.7 Å². The lowest BCUT2D eigenvalue weighted by Gasteiger charge is -2.08. The summed E-state index contributed by atoms with van der Waals surface area (Å²) in [6, 6.07) is 8.33. The smallest absolute Gasteiger partial charge is 0.340 e. The van der Waals surface area contributed by atoms with Crippen LogP contribution in [0.25, 0.3) is 0 Å². The molecule has 0 fully saturated rings. The Bertz CT molecular complexity index is 656. The molecule has 2 aromatic carbocycles. The Kier molecular flexibility index (Phi) is 3.98. The first-order valence-corrected chi connectivity index (χ1v) is 5.94. The molecular weight excluding hydrogens is 264 g/mol. The minimum Gasteiger partial charge on any atom is -0.457 e. The largest absolute Gasteiger partial charge is 0.457 e. The van der Waals surface area contributed by atoms with Crippen LogP contribution in [0.4, 0.5) is 14.5 Å². The van der Waals surface area contributed by atoms with E-state index in [1.54, 1.807) is 18.2 Å². The maximum absolute atomic E-state index is 13.0. The fraction of sp³-hybridized carbons (Fsp3) is 0.133. The highest BCUT2D eigenvalue weighted by Crippen LogP contribution is 2.16. The average Bonchev–Trinajstić information content (AvgIpc) is 2.42. The molecule has 0 spiro atoms. The van der Waals surface area contributed by atoms with Crippen LogP contribution in [0.3, 0.4) is 0 Å². The first kappa shape index (κ1) is 14.0. The summed E-state index contributed by atoms with van der Waals surface area (Å²) in [7, 11) is 0. The molecule has 2 rings (SSSR count). The zero-order valence-electron chi connectivity index (χ0n) is 10.8. The van der Waals surface area contributed by atoms with Crippen LogP contribution >= 0.6 is 0 Å². The topological polar surface area (TPSA) is 52.3 Å². The molecule has 20 heavy (non-hydrogen) atoms. The van der Waals surface area contributed by atoms with E-state index in [2.05, 4.69) is 0 Å². The van der Waals surface area contributed by atoms with E-state index >= 15 is 0 Å². The van der Waals surface area contributed by atoms with Crippen molar-refractivity contribution < 1.29 is 18.3 Å². The van der Waals surface area contributed by atoms with Gasteiger partial charge in [0.05, 0.1) is 5.56 Å². The number of benzene rings is 2. The predicted molar refractivity (Wildman–Crippen MR) is 71.1 cm³/mol. The van der Waals surface area contributed by atoms with Gasteiger partial charge in [0.2, 0.25) is 0 Å². The highest BCUT2D eigenvalue weighted by molar-refractivity contribution is 5.95. The van der Waals surface area contributed by atoms with Crippen molar-refractivity contribution in [3.63, 3.8) is 0 Å². The van der Waals surface area contributed by atoms with E-state index in [0.717, 1.165) is 17.7 Å². The fourth-order valence-electron chi connectivity index (χ4n) is 1.70. The van der Waals surface area contributed by atoms with E-state index in [-0.39, 0.29) is 12.2 Å². The summed E-state index contributed by atoms with van der Waals surface area (Å²) in [6.45, 7) is 1.68. The molecule has 2 aromatic rings. The van der Waals surface area contributed by atoms with Gasteiger partial charge in [-0.15, -0.1) is 0 Å². The Morgan fingerprint density at radius 3 is 2.60 bits per heavy atom. The van der Waals surface area contributed by atoms with E-state index in [1.807, 2.05) is 6.92 Å². The second kappa shape index (κ2) is 5.69.